The van der Waals surface area contributed by atoms with Gasteiger partial charge in [0.1, 0.15) is 9.98 Å². The molecule has 0 radical (unpaired) electrons. The van der Waals surface area contributed by atoms with Crippen molar-refractivity contribution in [3.8, 4) is 0 Å². The quantitative estimate of drug-likeness (QED) is 0.735. The van der Waals surface area contributed by atoms with E-state index in [-0.39, 0.29) is 12.1 Å². The Morgan fingerprint density at radius 3 is 2.81 bits per heavy atom. The minimum Gasteiger partial charge on any atom is -0.332 e. The third kappa shape index (κ3) is 2.65. The van der Waals surface area contributed by atoms with Crippen LogP contribution in [-0.2, 0) is 6.54 Å². The molecule has 0 atom stereocenters. The van der Waals surface area contributed by atoms with Gasteiger partial charge in [-0.1, -0.05) is 17.7 Å². The van der Waals surface area contributed by atoms with Crippen LogP contribution in [0.4, 0.5) is 4.79 Å². The van der Waals surface area contributed by atoms with Crippen molar-refractivity contribution >= 4 is 39.4 Å². The molecular weight excluding hydrogens is 312 g/mol. The first-order valence-electron chi connectivity index (χ1n) is 6.01. The first kappa shape index (κ1) is 13.7. The van der Waals surface area contributed by atoms with Crippen LogP contribution < -0.4 is 10.9 Å². The SMILES string of the molecule is O=C(NCc1cccnc1Cl)n1sc2ncccc2c1=O. The van der Waals surface area contributed by atoms with Crippen molar-refractivity contribution in [2.24, 2.45) is 0 Å². The predicted octanol–water partition coefficient (Wildman–Crippen LogP) is 2.26. The number of carbonyl (C=O) groups is 1. The van der Waals surface area contributed by atoms with E-state index in [1.54, 1.807) is 36.7 Å². The fraction of sp³-hybridized carbons (Fsp3) is 0.0769. The zero-order valence-corrected chi connectivity index (χ0v) is 12.2. The normalized spacial score (nSPS) is 10.7. The lowest BCUT2D eigenvalue weighted by Gasteiger charge is -2.05. The molecule has 21 heavy (non-hydrogen) atoms. The number of pyridine rings is 2. The van der Waals surface area contributed by atoms with Gasteiger partial charge in [0.05, 0.1) is 5.39 Å². The van der Waals surface area contributed by atoms with E-state index >= 15 is 0 Å². The van der Waals surface area contributed by atoms with Gasteiger partial charge in [-0.15, -0.1) is 0 Å². The van der Waals surface area contributed by atoms with Crippen molar-refractivity contribution in [3.05, 3.63) is 57.7 Å². The molecule has 0 saturated carbocycles. The Hall–Kier alpha value is -2.25. The van der Waals surface area contributed by atoms with E-state index in [0.29, 0.717) is 20.9 Å². The van der Waals surface area contributed by atoms with E-state index in [0.717, 1.165) is 15.5 Å². The highest BCUT2D eigenvalue weighted by molar-refractivity contribution is 7.14. The molecule has 0 aliphatic carbocycles. The Morgan fingerprint density at radius 2 is 2.05 bits per heavy atom. The second kappa shape index (κ2) is 5.63. The maximum absolute atomic E-state index is 12.1. The molecule has 0 aromatic carbocycles. The molecule has 1 N–H and O–H groups in total. The van der Waals surface area contributed by atoms with Crippen molar-refractivity contribution < 1.29 is 4.79 Å². The van der Waals surface area contributed by atoms with Crippen LogP contribution in [0, 0.1) is 0 Å². The molecule has 106 valence electrons. The summed E-state index contributed by atoms with van der Waals surface area (Å²) in [6.07, 6.45) is 3.14. The predicted molar refractivity (Wildman–Crippen MR) is 80.8 cm³/mol. The topological polar surface area (TPSA) is 76.9 Å². The number of carbonyl (C=O) groups excluding carboxylic acids is 1. The summed E-state index contributed by atoms with van der Waals surface area (Å²) in [5, 5.41) is 3.39. The van der Waals surface area contributed by atoms with Gasteiger partial charge in [-0.05, 0) is 29.7 Å². The maximum Gasteiger partial charge on any atom is 0.338 e. The number of nitrogens with zero attached hydrogens (tertiary/aromatic N) is 3. The minimum absolute atomic E-state index is 0.194. The Labute approximate surface area is 128 Å². The summed E-state index contributed by atoms with van der Waals surface area (Å²) >= 11 is 6.91. The molecule has 0 aliphatic heterocycles. The van der Waals surface area contributed by atoms with Gasteiger partial charge in [-0.3, -0.25) is 4.79 Å². The zero-order valence-electron chi connectivity index (χ0n) is 10.6. The first-order valence-corrected chi connectivity index (χ1v) is 7.16. The lowest BCUT2D eigenvalue weighted by molar-refractivity contribution is 0.243. The Bertz CT molecular complexity index is 874. The summed E-state index contributed by atoms with van der Waals surface area (Å²) in [5.41, 5.74) is 0.303. The second-order valence-corrected chi connectivity index (χ2v) is 5.45. The molecule has 3 aromatic rings. The highest BCUT2D eigenvalue weighted by Gasteiger charge is 2.14. The molecule has 0 unspecified atom stereocenters. The Balaban J connectivity index is 1.83. The summed E-state index contributed by atoms with van der Waals surface area (Å²) in [6.45, 7) is 0.194. The fourth-order valence-corrected chi connectivity index (χ4v) is 2.84. The summed E-state index contributed by atoms with van der Waals surface area (Å²) in [5.74, 6) is 0. The molecule has 0 saturated heterocycles. The molecule has 0 spiro atoms. The van der Waals surface area contributed by atoms with E-state index in [2.05, 4.69) is 15.3 Å². The van der Waals surface area contributed by atoms with Crippen LogP contribution in [0.2, 0.25) is 5.15 Å². The highest BCUT2D eigenvalue weighted by atomic mass is 35.5. The van der Waals surface area contributed by atoms with Crippen molar-refractivity contribution in [1.82, 2.24) is 19.2 Å². The zero-order chi connectivity index (χ0) is 14.8. The molecule has 0 bridgehead atoms. The first-order chi connectivity index (χ1) is 10.2. The van der Waals surface area contributed by atoms with Gasteiger partial charge in [0.2, 0.25) is 0 Å². The minimum atomic E-state index is -0.511. The van der Waals surface area contributed by atoms with Crippen LogP contribution in [0.15, 0.2) is 41.5 Å². The number of rotatable bonds is 2. The smallest absolute Gasteiger partial charge is 0.332 e. The van der Waals surface area contributed by atoms with Crippen LogP contribution in [0.3, 0.4) is 0 Å². The number of amides is 1. The van der Waals surface area contributed by atoms with Crippen LogP contribution in [0.1, 0.15) is 5.56 Å². The number of aromatic nitrogens is 3. The molecule has 1 amide bonds. The van der Waals surface area contributed by atoms with Gasteiger partial charge in [0.25, 0.3) is 5.56 Å². The number of fused-ring (bicyclic) bond motifs is 1. The molecular formula is C13H9ClN4O2S. The van der Waals surface area contributed by atoms with E-state index in [1.807, 2.05) is 0 Å². The van der Waals surface area contributed by atoms with Crippen molar-refractivity contribution in [1.29, 1.82) is 0 Å². The summed E-state index contributed by atoms with van der Waals surface area (Å²) in [6, 6.07) is 6.27. The van der Waals surface area contributed by atoms with E-state index in [9.17, 15) is 9.59 Å². The highest BCUT2D eigenvalue weighted by Crippen LogP contribution is 2.13. The van der Waals surface area contributed by atoms with Crippen LogP contribution >= 0.6 is 23.1 Å². The lowest BCUT2D eigenvalue weighted by Crippen LogP contribution is -2.32. The van der Waals surface area contributed by atoms with E-state index < -0.39 is 6.03 Å². The molecule has 3 heterocycles. The number of hydrogen-bond acceptors (Lipinski definition) is 5. The third-order valence-electron chi connectivity index (χ3n) is 2.81. The molecule has 0 fully saturated rings. The van der Waals surface area contributed by atoms with Gasteiger partial charge in [-0.2, -0.15) is 3.96 Å². The van der Waals surface area contributed by atoms with Crippen LogP contribution in [0.5, 0.6) is 0 Å². The van der Waals surface area contributed by atoms with Crippen molar-refractivity contribution in [3.63, 3.8) is 0 Å². The Morgan fingerprint density at radius 1 is 1.29 bits per heavy atom. The van der Waals surface area contributed by atoms with Gasteiger partial charge >= 0.3 is 6.03 Å². The van der Waals surface area contributed by atoms with Gasteiger partial charge < -0.3 is 5.32 Å². The number of halogens is 1. The molecule has 3 aromatic heterocycles. The van der Waals surface area contributed by atoms with Crippen molar-refractivity contribution in [2.45, 2.75) is 6.54 Å². The molecule has 6 nitrogen and oxygen atoms in total. The Kier molecular flexibility index (Phi) is 3.68. The van der Waals surface area contributed by atoms with Crippen LogP contribution in [-0.4, -0.2) is 20.0 Å². The average Bonchev–Trinajstić information content (AvgIpc) is 2.84. The average molecular weight is 321 g/mol. The monoisotopic (exact) mass is 320 g/mol. The second-order valence-electron chi connectivity index (χ2n) is 4.16. The molecule has 3 rings (SSSR count). The van der Waals surface area contributed by atoms with Gasteiger partial charge in [-0.25, -0.2) is 14.8 Å². The van der Waals surface area contributed by atoms with E-state index in [1.165, 1.54) is 0 Å². The largest absolute Gasteiger partial charge is 0.338 e. The fourth-order valence-electron chi connectivity index (χ4n) is 1.79. The van der Waals surface area contributed by atoms with Gasteiger partial charge in [0.15, 0.2) is 0 Å². The van der Waals surface area contributed by atoms with Crippen LogP contribution in [0.25, 0.3) is 10.2 Å². The number of hydrogen-bond donors (Lipinski definition) is 1. The van der Waals surface area contributed by atoms with E-state index in [4.69, 9.17) is 11.6 Å². The third-order valence-corrected chi connectivity index (χ3v) is 4.17. The molecule has 8 heteroatoms. The number of nitrogens with one attached hydrogen (secondary N) is 1. The van der Waals surface area contributed by atoms with Crippen molar-refractivity contribution in [2.75, 3.05) is 0 Å². The molecule has 0 aliphatic rings. The summed E-state index contributed by atoms with van der Waals surface area (Å²) in [7, 11) is 0. The maximum atomic E-state index is 12.1. The summed E-state index contributed by atoms with van der Waals surface area (Å²) < 4.78 is 1.04. The standard InChI is InChI=1S/C13H9ClN4O2S/c14-10-8(3-1-5-15-10)7-17-13(20)18-12(19)9-4-2-6-16-11(9)21-18/h1-6H,7H2,(H,17,20). The lowest BCUT2D eigenvalue weighted by atomic mass is 10.3. The summed E-state index contributed by atoms with van der Waals surface area (Å²) in [4.78, 5) is 32.7. The van der Waals surface area contributed by atoms with Gasteiger partial charge in [0, 0.05) is 24.5 Å².